The van der Waals surface area contributed by atoms with Gasteiger partial charge in [0, 0.05) is 30.9 Å². The minimum Gasteiger partial charge on any atom is -0.465 e. The Labute approximate surface area is 188 Å². The molecule has 3 heterocycles. The molecule has 1 atom stereocenters. The van der Waals surface area contributed by atoms with Gasteiger partial charge in [0.05, 0.1) is 24.9 Å². The topological polar surface area (TPSA) is 72.5 Å². The number of hydrogen-bond donors (Lipinski definition) is 1. The van der Waals surface area contributed by atoms with Gasteiger partial charge in [-0.25, -0.2) is 4.68 Å². The fourth-order valence-corrected chi connectivity index (χ4v) is 4.82. The SMILES string of the molecule is Cc1ccc(C(CNC(=O)c2nn(-c3ccccc3C)c3c2CCC3)N2CCOCC2)o1. The highest BCUT2D eigenvalue weighted by atomic mass is 16.5. The van der Waals surface area contributed by atoms with Crippen molar-refractivity contribution in [2.24, 2.45) is 0 Å². The van der Waals surface area contributed by atoms with Crippen molar-refractivity contribution in [2.45, 2.75) is 39.2 Å². The monoisotopic (exact) mass is 434 g/mol. The first-order chi connectivity index (χ1) is 15.6. The Morgan fingerprint density at radius 3 is 2.69 bits per heavy atom. The van der Waals surface area contributed by atoms with Crippen LogP contribution in [0.5, 0.6) is 0 Å². The number of nitrogens with one attached hydrogen (secondary N) is 1. The molecule has 0 radical (unpaired) electrons. The second-order valence-electron chi connectivity index (χ2n) is 8.65. The molecule has 0 saturated carbocycles. The van der Waals surface area contributed by atoms with Crippen molar-refractivity contribution in [3.63, 3.8) is 0 Å². The zero-order valence-corrected chi connectivity index (χ0v) is 18.8. The third-order valence-electron chi connectivity index (χ3n) is 6.52. The molecule has 2 aromatic heterocycles. The predicted octanol–water partition coefficient (Wildman–Crippen LogP) is 3.37. The molecule has 5 rings (SSSR count). The molecule has 2 aliphatic rings. The number of para-hydroxylation sites is 1. The molecular formula is C25H30N4O3. The minimum atomic E-state index is -0.114. The average Bonchev–Trinajstić information content (AvgIpc) is 3.52. The van der Waals surface area contributed by atoms with Crippen LogP contribution >= 0.6 is 0 Å². The van der Waals surface area contributed by atoms with Crippen LogP contribution in [0, 0.1) is 13.8 Å². The van der Waals surface area contributed by atoms with Gasteiger partial charge in [-0.05, 0) is 56.9 Å². The van der Waals surface area contributed by atoms with E-state index in [1.165, 1.54) is 0 Å². The molecule has 7 heteroatoms. The van der Waals surface area contributed by atoms with Crippen molar-refractivity contribution in [2.75, 3.05) is 32.8 Å². The second kappa shape index (κ2) is 8.92. The lowest BCUT2D eigenvalue weighted by atomic mass is 10.1. The number of fused-ring (bicyclic) bond motifs is 1. The summed E-state index contributed by atoms with van der Waals surface area (Å²) in [5, 5.41) is 7.93. The number of aromatic nitrogens is 2. The number of morpholine rings is 1. The number of furan rings is 1. The average molecular weight is 435 g/mol. The van der Waals surface area contributed by atoms with E-state index in [9.17, 15) is 4.79 Å². The van der Waals surface area contributed by atoms with Crippen molar-refractivity contribution < 1.29 is 13.9 Å². The summed E-state index contributed by atoms with van der Waals surface area (Å²) in [5.74, 6) is 1.64. The summed E-state index contributed by atoms with van der Waals surface area (Å²) >= 11 is 0. The van der Waals surface area contributed by atoms with E-state index in [0.717, 1.165) is 66.4 Å². The van der Waals surface area contributed by atoms with Gasteiger partial charge < -0.3 is 14.5 Å². The summed E-state index contributed by atoms with van der Waals surface area (Å²) in [4.78, 5) is 15.6. The molecule has 1 aromatic carbocycles. The van der Waals surface area contributed by atoms with Crippen LogP contribution in [0.1, 0.15) is 51.3 Å². The summed E-state index contributed by atoms with van der Waals surface area (Å²) in [7, 11) is 0. The van der Waals surface area contributed by atoms with Crippen LogP contribution in [0.25, 0.3) is 5.69 Å². The van der Waals surface area contributed by atoms with E-state index in [0.29, 0.717) is 25.5 Å². The molecule has 7 nitrogen and oxygen atoms in total. The van der Waals surface area contributed by atoms with Crippen LogP contribution in [0.15, 0.2) is 40.8 Å². The largest absolute Gasteiger partial charge is 0.465 e. The Bertz CT molecular complexity index is 1110. The number of benzene rings is 1. The lowest BCUT2D eigenvalue weighted by Gasteiger charge is -2.33. The van der Waals surface area contributed by atoms with E-state index in [2.05, 4.69) is 29.3 Å². The number of amides is 1. The van der Waals surface area contributed by atoms with Crippen LogP contribution < -0.4 is 5.32 Å². The van der Waals surface area contributed by atoms with Crippen molar-refractivity contribution in [1.82, 2.24) is 20.0 Å². The van der Waals surface area contributed by atoms with Gasteiger partial charge in [-0.15, -0.1) is 0 Å². The molecular weight excluding hydrogens is 404 g/mol. The van der Waals surface area contributed by atoms with Gasteiger partial charge in [-0.1, -0.05) is 18.2 Å². The zero-order valence-electron chi connectivity index (χ0n) is 18.8. The van der Waals surface area contributed by atoms with Gasteiger partial charge in [0.25, 0.3) is 5.91 Å². The number of carbonyl (C=O) groups excluding carboxylic acids is 1. The zero-order chi connectivity index (χ0) is 22.1. The molecule has 32 heavy (non-hydrogen) atoms. The van der Waals surface area contributed by atoms with E-state index >= 15 is 0 Å². The fraction of sp³-hybridized carbons (Fsp3) is 0.440. The van der Waals surface area contributed by atoms with Crippen molar-refractivity contribution in [1.29, 1.82) is 0 Å². The highest BCUT2D eigenvalue weighted by molar-refractivity contribution is 5.94. The molecule has 1 unspecified atom stereocenters. The highest BCUT2D eigenvalue weighted by Crippen LogP contribution is 2.29. The minimum absolute atomic E-state index is 0.0250. The molecule has 1 fully saturated rings. The van der Waals surface area contributed by atoms with Gasteiger partial charge in [0.2, 0.25) is 0 Å². The molecule has 1 aliphatic heterocycles. The van der Waals surface area contributed by atoms with Crippen LogP contribution in [0.3, 0.4) is 0 Å². The van der Waals surface area contributed by atoms with E-state index in [-0.39, 0.29) is 11.9 Å². The summed E-state index contributed by atoms with van der Waals surface area (Å²) in [5.41, 5.74) is 5.00. The van der Waals surface area contributed by atoms with E-state index < -0.39 is 0 Å². The summed E-state index contributed by atoms with van der Waals surface area (Å²) < 4.78 is 13.4. The maximum Gasteiger partial charge on any atom is 0.272 e. The van der Waals surface area contributed by atoms with Gasteiger partial charge in [0.1, 0.15) is 11.5 Å². The Hall–Kier alpha value is -2.90. The first-order valence-corrected chi connectivity index (χ1v) is 11.4. The smallest absolute Gasteiger partial charge is 0.272 e. The van der Waals surface area contributed by atoms with Crippen LogP contribution in [-0.4, -0.2) is 53.4 Å². The number of hydrogen-bond acceptors (Lipinski definition) is 5. The number of nitrogens with zero attached hydrogens (tertiary/aromatic N) is 3. The number of aryl methyl sites for hydroxylation is 2. The Morgan fingerprint density at radius 1 is 1.12 bits per heavy atom. The van der Waals surface area contributed by atoms with Crippen LogP contribution in [0.4, 0.5) is 0 Å². The number of ether oxygens (including phenoxy) is 1. The first-order valence-electron chi connectivity index (χ1n) is 11.4. The lowest BCUT2D eigenvalue weighted by Crippen LogP contribution is -2.43. The first kappa shape index (κ1) is 21.0. The number of carbonyl (C=O) groups is 1. The van der Waals surface area contributed by atoms with Crippen molar-refractivity contribution in [3.05, 3.63) is 70.4 Å². The number of rotatable bonds is 6. The van der Waals surface area contributed by atoms with Gasteiger partial charge in [-0.2, -0.15) is 5.10 Å². The summed E-state index contributed by atoms with van der Waals surface area (Å²) in [6.45, 7) is 7.51. The molecule has 1 saturated heterocycles. The van der Waals surface area contributed by atoms with E-state index in [1.807, 2.05) is 35.9 Å². The van der Waals surface area contributed by atoms with Gasteiger partial charge >= 0.3 is 0 Å². The summed E-state index contributed by atoms with van der Waals surface area (Å²) in [6.07, 6.45) is 2.90. The normalized spacial score (nSPS) is 17.3. The van der Waals surface area contributed by atoms with Crippen LogP contribution in [0.2, 0.25) is 0 Å². The maximum absolute atomic E-state index is 13.3. The third kappa shape index (κ3) is 3.98. The molecule has 0 spiro atoms. The quantitative estimate of drug-likeness (QED) is 0.644. The molecule has 1 N–H and O–H groups in total. The van der Waals surface area contributed by atoms with Crippen molar-refractivity contribution >= 4 is 5.91 Å². The Morgan fingerprint density at radius 2 is 1.94 bits per heavy atom. The molecule has 168 valence electrons. The standard InChI is InChI=1S/C25H30N4O3/c1-17-6-3-4-8-20(17)29-21-9-5-7-19(21)24(27-29)25(30)26-16-22(23-11-10-18(2)32-23)28-12-14-31-15-13-28/h3-4,6,8,10-11,22H,5,7,9,12-16H2,1-2H3,(H,26,30). The van der Waals surface area contributed by atoms with E-state index in [4.69, 9.17) is 14.3 Å². The van der Waals surface area contributed by atoms with Gasteiger partial charge in [0.15, 0.2) is 5.69 Å². The second-order valence-corrected chi connectivity index (χ2v) is 8.65. The van der Waals surface area contributed by atoms with Crippen molar-refractivity contribution in [3.8, 4) is 5.69 Å². The fourth-order valence-electron chi connectivity index (χ4n) is 4.82. The lowest BCUT2D eigenvalue weighted by molar-refractivity contribution is 0.0116. The van der Waals surface area contributed by atoms with E-state index in [1.54, 1.807) is 0 Å². The molecule has 3 aromatic rings. The van der Waals surface area contributed by atoms with Gasteiger partial charge in [-0.3, -0.25) is 9.69 Å². The highest BCUT2D eigenvalue weighted by Gasteiger charge is 2.30. The Balaban J connectivity index is 1.38. The van der Waals surface area contributed by atoms with Crippen LogP contribution in [-0.2, 0) is 17.6 Å². The third-order valence-corrected chi connectivity index (χ3v) is 6.52. The molecule has 0 bridgehead atoms. The predicted molar refractivity (Wildman–Crippen MR) is 121 cm³/mol. The molecule has 1 amide bonds. The Kier molecular flexibility index (Phi) is 5.85. The molecule has 1 aliphatic carbocycles. The maximum atomic E-state index is 13.3. The summed E-state index contributed by atoms with van der Waals surface area (Å²) in [6, 6.07) is 12.1.